The molecule has 3 amide bonds. The zero-order chi connectivity index (χ0) is 15.5. The lowest BCUT2D eigenvalue weighted by Gasteiger charge is -2.08. The maximum Gasteiger partial charge on any atom is 0.407 e. The monoisotopic (exact) mass is 313 g/mol. The number of ether oxygens (including phenoxy) is 1. The molecule has 0 aromatic heterocycles. The Labute approximate surface area is 129 Å². The molecule has 0 heterocycles. The standard InChI is InChI=1S/C14H20ClN3O3/c1-2-21-14(20)18-9-8-17-13(19)16-7-6-11-4-3-5-12(15)10-11/h3-5,10H,2,6-9H2,1H3,(H,18,20)(H2,16,17,19). The van der Waals surface area contributed by atoms with Crippen LogP contribution in [0.3, 0.4) is 0 Å². The minimum absolute atomic E-state index is 0.275. The number of benzene rings is 1. The van der Waals surface area contributed by atoms with Crippen molar-refractivity contribution < 1.29 is 14.3 Å². The number of carbonyl (C=O) groups excluding carboxylic acids is 2. The largest absolute Gasteiger partial charge is 0.450 e. The smallest absolute Gasteiger partial charge is 0.407 e. The Morgan fingerprint density at radius 1 is 1.14 bits per heavy atom. The third kappa shape index (κ3) is 8.04. The van der Waals surface area contributed by atoms with Crippen molar-refractivity contribution in [3.63, 3.8) is 0 Å². The summed E-state index contributed by atoms with van der Waals surface area (Å²) in [7, 11) is 0. The first-order chi connectivity index (χ1) is 10.1. The minimum atomic E-state index is -0.485. The first-order valence-corrected chi connectivity index (χ1v) is 7.16. The minimum Gasteiger partial charge on any atom is -0.450 e. The third-order valence-corrected chi connectivity index (χ3v) is 2.78. The second kappa shape index (κ2) is 9.88. The Hall–Kier alpha value is -1.95. The number of carbonyl (C=O) groups is 2. The number of alkyl carbamates (subject to hydrolysis) is 1. The molecule has 0 radical (unpaired) electrons. The van der Waals surface area contributed by atoms with Crippen LogP contribution in [0, 0.1) is 0 Å². The van der Waals surface area contributed by atoms with Crippen LogP contribution in [0.2, 0.25) is 5.02 Å². The van der Waals surface area contributed by atoms with E-state index in [-0.39, 0.29) is 6.03 Å². The van der Waals surface area contributed by atoms with Crippen LogP contribution in [0.4, 0.5) is 9.59 Å². The maximum atomic E-state index is 11.5. The first-order valence-electron chi connectivity index (χ1n) is 6.78. The molecule has 0 aliphatic rings. The number of nitrogens with one attached hydrogen (secondary N) is 3. The highest BCUT2D eigenvalue weighted by atomic mass is 35.5. The lowest BCUT2D eigenvalue weighted by molar-refractivity contribution is 0.152. The second-order valence-corrected chi connectivity index (χ2v) is 4.65. The molecule has 7 heteroatoms. The molecule has 0 spiro atoms. The van der Waals surface area contributed by atoms with Crippen molar-refractivity contribution in [1.29, 1.82) is 0 Å². The summed E-state index contributed by atoms with van der Waals surface area (Å²) < 4.78 is 4.68. The zero-order valence-corrected chi connectivity index (χ0v) is 12.7. The van der Waals surface area contributed by atoms with Crippen LogP contribution in [-0.2, 0) is 11.2 Å². The highest BCUT2D eigenvalue weighted by Gasteiger charge is 2.01. The van der Waals surface area contributed by atoms with Gasteiger partial charge in [0.1, 0.15) is 0 Å². The van der Waals surface area contributed by atoms with Crippen LogP contribution < -0.4 is 16.0 Å². The Kier molecular flexibility index (Phi) is 8.04. The number of hydrogen-bond donors (Lipinski definition) is 3. The van der Waals surface area contributed by atoms with E-state index in [9.17, 15) is 9.59 Å². The van der Waals surface area contributed by atoms with E-state index in [0.717, 1.165) is 5.56 Å². The van der Waals surface area contributed by atoms with Gasteiger partial charge in [0, 0.05) is 24.7 Å². The Morgan fingerprint density at radius 3 is 2.57 bits per heavy atom. The molecule has 1 rings (SSSR count). The van der Waals surface area contributed by atoms with Gasteiger partial charge in [0.05, 0.1) is 6.61 Å². The highest BCUT2D eigenvalue weighted by molar-refractivity contribution is 6.30. The first kappa shape index (κ1) is 17.1. The van der Waals surface area contributed by atoms with Gasteiger partial charge in [0.25, 0.3) is 0 Å². The Bertz CT molecular complexity index is 469. The molecule has 0 atom stereocenters. The molecule has 1 aromatic rings. The molecule has 0 saturated heterocycles. The van der Waals surface area contributed by atoms with E-state index in [1.54, 1.807) is 6.92 Å². The average molecular weight is 314 g/mol. The highest BCUT2D eigenvalue weighted by Crippen LogP contribution is 2.10. The van der Waals surface area contributed by atoms with Crippen molar-refractivity contribution >= 4 is 23.7 Å². The fourth-order valence-corrected chi connectivity index (χ4v) is 1.81. The molecule has 0 saturated carbocycles. The SMILES string of the molecule is CCOC(=O)NCCNC(=O)NCCc1cccc(Cl)c1. The van der Waals surface area contributed by atoms with Gasteiger partial charge in [-0.25, -0.2) is 9.59 Å². The maximum absolute atomic E-state index is 11.5. The number of urea groups is 1. The molecule has 0 unspecified atom stereocenters. The normalized spacial score (nSPS) is 9.81. The van der Waals surface area contributed by atoms with Crippen molar-refractivity contribution in [2.45, 2.75) is 13.3 Å². The van der Waals surface area contributed by atoms with E-state index >= 15 is 0 Å². The molecule has 21 heavy (non-hydrogen) atoms. The predicted molar refractivity (Wildman–Crippen MR) is 81.6 cm³/mol. The quantitative estimate of drug-likeness (QED) is 0.673. The van der Waals surface area contributed by atoms with E-state index in [2.05, 4.69) is 20.7 Å². The van der Waals surface area contributed by atoms with Crippen LogP contribution in [-0.4, -0.2) is 38.4 Å². The second-order valence-electron chi connectivity index (χ2n) is 4.21. The fourth-order valence-electron chi connectivity index (χ4n) is 1.60. The summed E-state index contributed by atoms with van der Waals surface area (Å²) in [6.45, 7) is 3.22. The Balaban J connectivity index is 2.07. The molecular weight excluding hydrogens is 294 g/mol. The summed E-state index contributed by atoms with van der Waals surface area (Å²) in [5.74, 6) is 0. The summed E-state index contributed by atoms with van der Waals surface area (Å²) in [5, 5.41) is 8.55. The van der Waals surface area contributed by atoms with Crippen LogP contribution in [0.5, 0.6) is 0 Å². The Morgan fingerprint density at radius 2 is 1.86 bits per heavy atom. The predicted octanol–water partition coefficient (Wildman–Crippen LogP) is 1.93. The molecule has 116 valence electrons. The van der Waals surface area contributed by atoms with Gasteiger partial charge in [-0.2, -0.15) is 0 Å². The van der Waals surface area contributed by atoms with Crippen LogP contribution in [0.25, 0.3) is 0 Å². The van der Waals surface area contributed by atoms with Crippen molar-refractivity contribution in [3.8, 4) is 0 Å². The lowest BCUT2D eigenvalue weighted by Crippen LogP contribution is -2.41. The van der Waals surface area contributed by atoms with Crippen LogP contribution in [0.15, 0.2) is 24.3 Å². The summed E-state index contributed by atoms with van der Waals surface area (Å²) in [4.78, 5) is 22.5. The molecule has 3 N–H and O–H groups in total. The van der Waals surface area contributed by atoms with Crippen molar-refractivity contribution in [2.24, 2.45) is 0 Å². The average Bonchev–Trinajstić information content (AvgIpc) is 2.44. The summed E-state index contributed by atoms with van der Waals surface area (Å²) in [5.41, 5.74) is 1.06. The van der Waals surface area contributed by atoms with Crippen molar-refractivity contribution in [1.82, 2.24) is 16.0 Å². The lowest BCUT2D eigenvalue weighted by atomic mass is 10.1. The molecule has 0 aliphatic heterocycles. The molecule has 1 aromatic carbocycles. The number of hydrogen-bond acceptors (Lipinski definition) is 3. The van der Waals surface area contributed by atoms with Gasteiger partial charge in [-0.05, 0) is 31.0 Å². The van der Waals surface area contributed by atoms with Crippen molar-refractivity contribution in [3.05, 3.63) is 34.9 Å². The summed E-state index contributed by atoms with van der Waals surface area (Å²) in [6, 6.07) is 7.22. The van der Waals surface area contributed by atoms with Gasteiger partial charge >= 0.3 is 12.1 Å². The number of amides is 3. The fraction of sp³-hybridized carbons (Fsp3) is 0.429. The topological polar surface area (TPSA) is 79.5 Å². The van der Waals surface area contributed by atoms with Gasteiger partial charge in [0.2, 0.25) is 0 Å². The van der Waals surface area contributed by atoms with Gasteiger partial charge in [0.15, 0.2) is 0 Å². The molecular formula is C14H20ClN3O3. The van der Waals surface area contributed by atoms with E-state index in [4.69, 9.17) is 11.6 Å². The zero-order valence-electron chi connectivity index (χ0n) is 11.9. The molecule has 6 nitrogen and oxygen atoms in total. The van der Waals surface area contributed by atoms with E-state index < -0.39 is 6.09 Å². The van der Waals surface area contributed by atoms with E-state index in [0.29, 0.717) is 37.7 Å². The van der Waals surface area contributed by atoms with E-state index in [1.807, 2.05) is 24.3 Å². The molecule has 0 fully saturated rings. The molecule has 0 aliphatic carbocycles. The summed E-state index contributed by atoms with van der Waals surface area (Å²) in [6.07, 6.45) is 0.218. The van der Waals surface area contributed by atoms with E-state index in [1.165, 1.54) is 0 Å². The third-order valence-electron chi connectivity index (χ3n) is 2.54. The summed E-state index contributed by atoms with van der Waals surface area (Å²) >= 11 is 5.87. The van der Waals surface area contributed by atoms with Gasteiger partial charge < -0.3 is 20.7 Å². The van der Waals surface area contributed by atoms with Crippen molar-refractivity contribution in [2.75, 3.05) is 26.2 Å². The van der Waals surface area contributed by atoms with Crippen LogP contribution >= 0.6 is 11.6 Å². The van der Waals surface area contributed by atoms with Gasteiger partial charge in [-0.15, -0.1) is 0 Å². The number of halogens is 1. The molecule has 0 bridgehead atoms. The van der Waals surface area contributed by atoms with Crippen LogP contribution in [0.1, 0.15) is 12.5 Å². The van der Waals surface area contributed by atoms with Gasteiger partial charge in [-0.3, -0.25) is 0 Å². The number of rotatable bonds is 7. The van der Waals surface area contributed by atoms with Gasteiger partial charge in [-0.1, -0.05) is 23.7 Å².